The first kappa shape index (κ1) is 17.9. The van der Waals surface area contributed by atoms with Crippen molar-refractivity contribution in [3.63, 3.8) is 0 Å². The molecule has 0 unspecified atom stereocenters. The van der Waals surface area contributed by atoms with Crippen molar-refractivity contribution in [2.24, 2.45) is 0 Å². The maximum atomic E-state index is 5.92. The van der Waals surface area contributed by atoms with Gasteiger partial charge in [-0.05, 0) is 59.2 Å². The second-order valence-corrected chi connectivity index (χ2v) is 7.05. The van der Waals surface area contributed by atoms with Crippen LogP contribution in [0.2, 0.25) is 0 Å². The van der Waals surface area contributed by atoms with Gasteiger partial charge in [-0.3, -0.25) is 4.98 Å². The first-order valence-electron chi connectivity index (χ1n) is 9.61. The molecular weight excluding hydrogens is 374 g/mol. The van der Waals surface area contributed by atoms with Crippen molar-refractivity contribution in [3.8, 4) is 11.5 Å². The number of nitrogens with zero attached hydrogens (tertiary/aromatic N) is 6. The van der Waals surface area contributed by atoms with E-state index in [1.807, 2.05) is 48.6 Å². The Labute approximate surface area is 174 Å². The number of nitrogens with two attached hydrogens (primary N) is 1. The number of benzene rings is 1. The van der Waals surface area contributed by atoms with Gasteiger partial charge in [-0.1, -0.05) is 12.1 Å². The molecule has 1 aromatic carbocycles. The maximum Gasteiger partial charge on any atom is 0.226 e. The number of hydrogen-bond donors (Lipinski definition) is 1. The van der Waals surface area contributed by atoms with Gasteiger partial charge >= 0.3 is 0 Å². The Kier molecular flexibility index (Phi) is 4.61. The lowest BCUT2D eigenvalue weighted by Crippen LogP contribution is -2.17. The van der Waals surface area contributed by atoms with Gasteiger partial charge in [-0.2, -0.15) is 0 Å². The lowest BCUT2D eigenvalue weighted by atomic mass is 10.1. The van der Waals surface area contributed by atoms with E-state index >= 15 is 0 Å². The molecule has 30 heavy (non-hydrogen) atoms. The Balaban J connectivity index is 1.39. The lowest BCUT2D eigenvalue weighted by Gasteiger charge is -2.15. The van der Waals surface area contributed by atoms with E-state index in [-0.39, 0.29) is 0 Å². The molecule has 0 saturated carbocycles. The molecule has 7 nitrogen and oxygen atoms in total. The molecule has 4 heterocycles. The predicted octanol–water partition coefficient (Wildman–Crippen LogP) is 3.60. The summed E-state index contributed by atoms with van der Waals surface area (Å²) in [5.74, 6) is 1.22. The van der Waals surface area contributed by atoms with E-state index in [0.717, 1.165) is 30.0 Å². The molecule has 5 rings (SSSR count). The van der Waals surface area contributed by atoms with Crippen molar-refractivity contribution >= 4 is 23.8 Å². The summed E-state index contributed by atoms with van der Waals surface area (Å²) < 4.78 is 0. The topological polar surface area (TPSA) is 93.7 Å². The average molecular weight is 393 g/mol. The van der Waals surface area contributed by atoms with Gasteiger partial charge in [0.25, 0.3) is 0 Å². The second-order valence-electron chi connectivity index (χ2n) is 7.05. The molecule has 146 valence electrons. The number of rotatable bonds is 4. The average Bonchev–Trinajstić information content (AvgIpc) is 3.22. The van der Waals surface area contributed by atoms with E-state index in [4.69, 9.17) is 10.7 Å². The van der Waals surface area contributed by atoms with Crippen molar-refractivity contribution in [1.82, 2.24) is 24.9 Å². The van der Waals surface area contributed by atoms with Crippen LogP contribution >= 0.6 is 0 Å². The molecule has 1 aliphatic heterocycles. The number of anilines is 2. The molecule has 1 aliphatic rings. The summed E-state index contributed by atoms with van der Waals surface area (Å²) in [5, 5.41) is 0. The molecule has 2 N–H and O–H groups in total. The molecule has 0 amide bonds. The highest BCUT2D eigenvalue weighted by atomic mass is 15.3. The third-order valence-corrected chi connectivity index (χ3v) is 4.94. The summed E-state index contributed by atoms with van der Waals surface area (Å²) in [7, 11) is 0. The van der Waals surface area contributed by atoms with Gasteiger partial charge in [0.2, 0.25) is 5.95 Å². The van der Waals surface area contributed by atoms with Crippen LogP contribution in [-0.2, 0) is 13.1 Å². The minimum absolute atomic E-state index is 0.566. The maximum absolute atomic E-state index is 5.92. The number of aromatic nitrogens is 5. The minimum Gasteiger partial charge on any atom is -0.399 e. The lowest BCUT2D eigenvalue weighted by molar-refractivity contribution is 0.828. The monoisotopic (exact) mass is 393 g/mol. The molecule has 3 aromatic heterocycles. The third kappa shape index (κ3) is 3.73. The van der Waals surface area contributed by atoms with E-state index < -0.39 is 0 Å². The molecule has 0 atom stereocenters. The third-order valence-electron chi connectivity index (χ3n) is 4.94. The SMILES string of the molecule is Nc1ccc2c(c1)CN(c1nccc(-c3nccc(/C=C/c4ccncc4)n3)n1)C2. The number of nitrogen functional groups attached to an aromatic ring is 1. The molecular formula is C23H19N7. The van der Waals surface area contributed by atoms with Crippen LogP contribution in [0, 0.1) is 0 Å². The van der Waals surface area contributed by atoms with E-state index in [0.29, 0.717) is 17.5 Å². The summed E-state index contributed by atoms with van der Waals surface area (Å²) in [5.41, 5.74) is 11.7. The highest BCUT2D eigenvalue weighted by Gasteiger charge is 2.21. The minimum atomic E-state index is 0.566. The first-order valence-corrected chi connectivity index (χ1v) is 9.61. The van der Waals surface area contributed by atoms with Crippen LogP contribution in [-0.4, -0.2) is 24.9 Å². The van der Waals surface area contributed by atoms with Crippen molar-refractivity contribution < 1.29 is 0 Å². The summed E-state index contributed by atoms with van der Waals surface area (Å²) in [6.07, 6.45) is 11.0. The van der Waals surface area contributed by atoms with Crippen LogP contribution in [0.5, 0.6) is 0 Å². The molecule has 0 bridgehead atoms. The Bertz CT molecular complexity index is 1220. The Hall–Kier alpha value is -4.13. The standard InChI is InChI=1S/C23H19N7/c24-19-3-2-17-14-30(15-18(17)13-19)23-27-12-8-21(29-23)22-26-11-7-20(28-22)4-1-16-5-9-25-10-6-16/h1-13H,14-15,24H2/b4-1+. The van der Waals surface area contributed by atoms with Gasteiger partial charge in [0, 0.05) is 43.6 Å². The smallest absolute Gasteiger partial charge is 0.226 e. The van der Waals surface area contributed by atoms with Gasteiger partial charge in [0.15, 0.2) is 5.82 Å². The van der Waals surface area contributed by atoms with E-state index in [9.17, 15) is 0 Å². The quantitative estimate of drug-likeness (QED) is 0.529. The molecule has 7 heteroatoms. The summed E-state index contributed by atoms with van der Waals surface area (Å²) in [4.78, 5) is 24.4. The first-order chi connectivity index (χ1) is 14.7. The highest BCUT2D eigenvalue weighted by molar-refractivity contribution is 5.68. The highest BCUT2D eigenvalue weighted by Crippen LogP contribution is 2.28. The molecule has 0 saturated heterocycles. The normalized spacial score (nSPS) is 13.0. The second kappa shape index (κ2) is 7.71. The van der Waals surface area contributed by atoms with Crippen LogP contribution in [0.1, 0.15) is 22.4 Å². The number of hydrogen-bond acceptors (Lipinski definition) is 7. The van der Waals surface area contributed by atoms with E-state index in [2.05, 4.69) is 30.9 Å². The van der Waals surface area contributed by atoms with Crippen LogP contribution < -0.4 is 10.6 Å². The van der Waals surface area contributed by atoms with E-state index in [1.54, 1.807) is 24.8 Å². The van der Waals surface area contributed by atoms with Gasteiger partial charge in [-0.15, -0.1) is 0 Å². The van der Waals surface area contributed by atoms with Crippen molar-refractivity contribution in [1.29, 1.82) is 0 Å². The van der Waals surface area contributed by atoms with Crippen LogP contribution in [0.3, 0.4) is 0 Å². The molecule has 4 aromatic rings. The molecule has 0 spiro atoms. The van der Waals surface area contributed by atoms with Crippen molar-refractivity contribution in [2.45, 2.75) is 13.1 Å². The van der Waals surface area contributed by atoms with E-state index in [1.165, 1.54) is 11.1 Å². The van der Waals surface area contributed by atoms with Gasteiger partial charge in [0.1, 0.15) is 5.69 Å². The fourth-order valence-electron chi connectivity index (χ4n) is 3.43. The summed E-state index contributed by atoms with van der Waals surface area (Å²) >= 11 is 0. The van der Waals surface area contributed by atoms with Crippen LogP contribution in [0.4, 0.5) is 11.6 Å². The Morgan fingerprint density at radius 1 is 0.800 bits per heavy atom. The molecule has 0 radical (unpaired) electrons. The van der Waals surface area contributed by atoms with Crippen LogP contribution in [0.25, 0.3) is 23.7 Å². The van der Waals surface area contributed by atoms with Gasteiger partial charge in [0.05, 0.1) is 5.69 Å². The van der Waals surface area contributed by atoms with Crippen molar-refractivity contribution in [2.75, 3.05) is 10.6 Å². The fraction of sp³-hybridized carbons (Fsp3) is 0.0870. The Morgan fingerprint density at radius 2 is 1.63 bits per heavy atom. The number of pyridine rings is 1. The zero-order valence-electron chi connectivity index (χ0n) is 16.2. The fourth-order valence-corrected chi connectivity index (χ4v) is 3.43. The van der Waals surface area contributed by atoms with Gasteiger partial charge in [-0.25, -0.2) is 19.9 Å². The zero-order valence-corrected chi connectivity index (χ0v) is 16.2. The van der Waals surface area contributed by atoms with Crippen LogP contribution in [0.15, 0.2) is 67.3 Å². The predicted molar refractivity (Wildman–Crippen MR) is 117 cm³/mol. The van der Waals surface area contributed by atoms with Crippen molar-refractivity contribution in [3.05, 3.63) is 89.6 Å². The number of fused-ring (bicyclic) bond motifs is 1. The zero-order chi connectivity index (χ0) is 20.3. The Morgan fingerprint density at radius 3 is 2.53 bits per heavy atom. The van der Waals surface area contributed by atoms with Gasteiger partial charge < -0.3 is 10.6 Å². The summed E-state index contributed by atoms with van der Waals surface area (Å²) in [6.45, 7) is 1.49. The molecule has 0 aliphatic carbocycles. The molecule has 0 fully saturated rings. The largest absolute Gasteiger partial charge is 0.399 e. The summed E-state index contributed by atoms with van der Waals surface area (Å²) in [6, 6.07) is 13.6.